The number of aromatic nitrogens is 2. The summed E-state index contributed by atoms with van der Waals surface area (Å²) in [7, 11) is 1.40. The first-order chi connectivity index (χ1) is 16.5. The van der Waals surface area contributed by atoms with Gasteiger partial charge >= 0.3 is 5.69 Å². The number of benzene rings is 2. The highest BCUT2D eigenvalue weighted by Gasteiger charge is 2.24. The van der Waals surface area contributed by atoms with Gasteiger partial charge in [-0.25, -0.2) is 4.98 Å². The second-order valence-corrected chi connectivity index (χ2v) is 8.11. The van der Waals surface area contributed by atoms with E-state index in [1.54, 1.807) is 18.2 Å². The molecule has 0 radical (unpaired) electrons. The molecule has 1 heterocycles. The van der Waals surface area contributed by atoms with Gasteiger partial charge in [0.2, 0.25) is 5.75 Å². The van der Waals surface area contributed by atoms with E-state index in [1.165, 1.54) is 36.6 Å². The van der Waals surface area contributed by atoms with E-state index in [9.17, 15) is 14.9 Å². The summed E-state index contributed by atoms with van der Waals surface area (Å²) >= 11 is 0. The summed E-state index contributed by atoms with van der Waals surface area (Å²) in [6, 6.07) is 10.1. The van der Waals surface area contributed by atoms with E-state index in [1.807, 2.05) is 12.1 Å². The van der Waals surface area contributed by atoms with Gasteiger partial charge in [0.15, 0.2) is 5.75 Å². The van der Waals surface area contributed by atoms with E-state index in [2.05, 4.69) is 11.7 Å². The average molecular weight is 463 g/mol. The van der Waals surface area contributed by atoms with Crippen LogP contribution in [0.25, 0.3) is 10.9 Å². The second-order valence-electron chi connectivity index (χ2n) is 8.11. The normalized spacial score (nSPS) is 14.4. The lowest BCUT2D eigenvalue weighted by atomic mass is 9.88. The molecule has 1 fully saturated rings. The number of para-hydroxylation sites is 1. The van der Waals surface area contributed by atoms with Crippen LogP contribution >= 0.6 is 0 Å². The maximum Gasteiger partial charge on any atom is 0.315 e. The zero-order valence-electron chi connectivity index (χ0n) is 19.0. The molecule has 2 aromatic carbocycles. The van der Waals surface area contributed by atoms with E-state index in [0.717, 1.165) is 25.7 Å². The Labute approximate surface area is 196 Å². The van der Waals surface area contributed by atoms with Crippen molar-refractivity contribution in [2.75, 3.05) is 13.7 Å². The van der Waals surface area contributed by atoms with E-state index in [-0.39, 0.29) is 35.3 Å². The number of rotatable bonds is 8. The maximum absolute atomic E-state index is 13.3. The Kier molecular flexibility index (Phi) is 7.01. The number of nitro groups is 1. The van der Waals surface area contributed by atoms with Crippen LogP contribution in [-0.4, -0.2) is 34.5 Å². The first-order valence-corrected chi connectivity index (χ1v) is 11.2. The molecule has 1 saturated carbocycles. The number of methoxy groups -OCH3 is 1. The molecule has 34 heavy (non-hydrogen) atoms. The standard InChI is InChI=1S/C25H26N4O5/c1-3-13-34-23-21(29(31)32)14-17(15-22(23)33-2)16-26-28-24(18-9-5-4-6-10-18)27-20-12-8-7-11-19(20)25(28)30/h3,7-8,11-12,14-16,18H,1,4-6,9-10,13H2,2H3. The van der Waals surface area contributed by atoms with Gasteiger partial charge in [-0.3, -0.25) is 14.9 Å². The molecule has 9 heteroatoms. The van der Waals surface area contributed by atoms with Crippen LogP contribution in [0.3, 0.4) is 0 Å². The molecule has 0 saturated heterocycles. The number of ether oxygens (including phenoxy) is 2. The summed E-state index contributed by atoms with van der Waals surface area (Å²) in [6.07, 6.45) is 8.10. The lowest BCUT2D eigenvalue weighted by Crippen LogP contribution is -2.25. The predicted octanol–water partition coefficient (Wildman–Crippen LogP) is 4.81. The summed E-state index contributed by atoms with van der Waals surface area (Å²) in [5.41, 5.74) is 0.499. The van der Waals surface area contributed by atoms with Crippen LogP contribution in [0.5, 0.6) is 11.5 Å². The van der Waals surface area contributed by atoms with Crippen LogP contribution in [0.1, 0.15) is 49.4 Å². The minimum atomic E-state index is -0.546. The molecule has 176 valence electrons. The van der Waals surface area contributed by atoms with Crippen molar-refractivity contribution in [1.29, 1.82) is 0 Å². The van der Waals surface area contributed by atoms with Gasteiger partial charge in [0.05, 0.1) is 29.2 Å². The third kappa shape index (κ3) is 4.68. The van der Waals surface area contributed by atoms with Crippen molar-refractivity contribution >= 4 is 22.8 Å². The maximum atomic E-state index is 13.3. The molecule has 0 spiro atoms. The van der Waals surface area contributed by atoms with Gasteiger partial charge in [0, 0.05) is 17.5 Å². The van der Waals surface area contributed by atoms with E-state index >= 15 is 0 Å². The molecule has 0 N–H and O–H groups in total. The molecular weight excluding hydrogens is 436 g/mol. The number of hydrogen-bond donors (Lipinski definition) is 0. The average Bonchev–Trinajstić information content (AvgIpc) is 2.87. The minimum Gasteiger partial charge on any atom is -0.493 e. The Morgan fingerprint density at radius 3 is 2.74 bits per heavy atom. The minimum absolute atomic E-state index is 0.0111. The van der Waals surface area contributed by atoms with Crippen LogP contribution in [0.2, 0.25) is 0 Å². The fraction of sp³-hybridized carbons (Fsp3) is 0.320. The summed E-state index contributed by atoms with van der Waals surface area (Å²) in [4.78, 5) is 29.2. The summed E-state index contributed by atoms with van der Waals surface area (Å²) in [5, 5.41) is 16.6. The van der Waals surface area contributed by atoms with Crippen molar-refractivity contribution in [1.82, 2.24) is 9.66 Å². The van der Waals surface area contributed by atoms with Crippen LogP contribution in [-0.2, 0) is 0 Å². The largest absolute Gasteiger partial charge is 0.493 e. The van der Waals surface area contributed by atoms with Crippen molar-refractivity contribution in [3.8, 4) is 11.5 Å². The van der Waals surface area contributed by atoms with Crippen LogP contribution in [0.4, 0.5) is 5.69 Å². The Morgan fingerprint density at radius 1 is 1.26 bits per heavy atom. The zero-order chi connectivity index (χ0) is 24.1. The molecular formula is C25H26N4O5. The van der Waals surface area contributed by atoms with Gasteiger partial charge in [-0.15, -0.1) is 0 Å². The molecule has 0 aliphatic heterocycles. The lowest BCUT2D eigenvalue weighted by Gasteiger charge is -2.22. The van der Waals surface area contributed by atoms with Crippen molar-refractivity contribution in [3.05, 3.63) is 80.9 Å². The first-order valence-electron chi connectivity index (χ1n) is 11.2. The van der Waals surface area contributed by atoms with Crippen molar-refractivity contribution in [2.45, 2.75) is 38.0 Å². The molecule has 0 atom stereocenters. The molecule has 1 aliphatic carbocycles. The molecule has 0 bridgehead atoms. The van der Waals surface area contributed by atoms with Gasteiger partial charge in [0.25, 0.3) is 5.56 Å². The van der Waals surface area contributed by atoms with Crippen LogP contribution in [0, 0.1) is 10.1 Å². The van der Waals surface area contributed by atoms with E-state index in [4.69, 9.17) is 14.5 Å². The van der Waals surface area contributed by atoms with Gasteiger partial charge in [-0.05, 0) is 31.0 Å². The molecule has 3 aromatic rings. The Morgan fingerprint density at radius 2 is 2.03 bits per heavy atom. The Hall–Kier alpha value is -4.01. The Balaban J connectivity index is 1.82. The topological polar surface area (TPSA) is 109 Å². The lowest BCUT2D eigenvalue weighted by molar-refractivity contribution is -0.385. The molecule has 1 aromatic heterocycles. The molecule has 0 unspecified atom stereocenters. The third-order valence-electron chi connectivity index (χ3n) is 5.89. The van der Waals surface area contributed by atoms with Crippen LogP contribution in [0.15, 0.2) is 58.9 Å². The number of nitrogens with zero attached hydrogens (tertiary/aromatic N) is 4. The van der Waals surface area contributed by atoms with Gasteiger partial charge in [-0.2, -0.15) is 9.78 Å². The molecule has 1 aliphatic rings. The van der Waals surface area contributed by atoms with Crippen molar-refractivity contribution < 1.29 is 14.4 Å². The number of nitro benzene ring substituents is 1. The highest BCUT2D eigenvalue weighted by molar-refractivity contribution is 5.83. The third-order valence-corrected chi connectivity index (χ3v) is 5.89. The zero-order valence-corrected chi connectivity index (χ0v) is 19.0. The van der Waals surface area contributed by atoms with Gasteiger partial charge in [-0.1, -0.05) is 44.1 Å². The fourth-order valence-corrected chi connectivity index (χ4v) is 4.26. The SMILES string of the molecule is C=CCOc1c(OC)cc(C=Nn2c(C3CCCCC3)nc3ccccc3c2=O)cc1[N+](=O)[O-]. The summed E-state index contributed by atoms with van der Waals surface area (Å²) in [5.74, 6) is 0.944. The van der Waals surface area contributed by atoms with Gasteiger partial charge in [0.1, 0.15) is 12.4 Å². The highest BCUT2D eigenvalue weighted by Crippen LogP contribution is 2.38. The van der Waals surface area contributed by atoms with Gasteiger partial charge < -0.3 is 9.47 Å². The predicted molar refractivity (Wildman–Crippen MR) is 130 cm³/mol. The highest BCUT2D eigenvalue weighted by atomic mass is 16.6. The smallest absolute Gasteiger partial charge is 0.315 e. The van der Waals surface area contributed by atoms with E-state index < -0.39 is 4.92 Å². The first kappa shape index (κ1) is 23.2. The fourth-order valence-electron chi connectivity index (χ4n) is 4.26. The summed E-state index contributed by atoms with van der Waals surface area (Å²) in [6.45, 7) is 3.66. The molecule has 4 rings (SSSR count). The van der Waals surface area contributed by atoms with Crippen LogP contribution < -0.4 is 15.0 Å². The number of hydrogen-bond acceptors (Lipinski definition) is 7. The van der Waals surface area contributed by atoms with Crippen molar-refractivity contribution in [3.63, 3.8) is 0 Å². The molecule has 9 nitrogen and oxygen atoms in total. The second kappa shape index (κ2) is 10.3. The Bertz CT molecular complexity index is 1310. The quantitative estimate of drug-likeness (QED) is 0.206. The monoisotopic (exact) mass is 462 g/mol. The number of fused-ring (bicyclic) bond motifs is 1. The molecule has 0 amide bonds. The summed E-state index contributed by atoms with van der Waals surface area (Å²) < 4.78 is 12.1. The van der Waals surface area contributed by atoms with E-state index in [0.29, 0.717) is 22.3 Å². The van der Waals surface area contributed by atoms with Crippen molar-refractivity contribution in [2.24, 2.45) is 5.10 Å².